The Balaban J connectivity index is 2.27. The second kappa shape index (κ2) is 6.55. The zero-order valence-corrected chi connectivity index (χ0v) is 11.2. The topological polar surface area (TPSA) is 0 Å². The normalized spacial score (nSPS) is 12.3. The molecule has 2 aromatic rings. The van der Waals surface area contributed by atoms with Gasteiger partial charge in [-0.3, -0.25) is 0 Å². The van der Waals surface area contributed by atoms with E-state index in [4.69, 9.17) is 0 Å². The fourth-order valence-electron chi connectivity index (χ4n) is 1.92. The summed E-state index contributed by atoms with van der Waals surface area (Å²) in [4.78, 5) is 0. The van der Waals surface area contributed by atoms with E-state index in [1.165, 1.54) is 16.7 Å². The molecule has 0 bridgehead atoms. The minimum absolute atomic E-state index is 1.14. The van der Waals surface area contributed by atoms with E-state index in [-0.39, 0.29) is 0 Å². The molecule has 2 aromatic carbocycles. The van der Waals surface area contributed by atoms with Crippen LogP contribution in [-0.2, 0) is 0 Å². The lowest BCUT2D eigenvalue weighted by Gasteiger charge is -2.02. The molecular weight excluding hydrogens is 228 g/mol. The van der Waals surface area contributed by atoms with Gasteiger partial charge in [0, 0.05) is 0 Å². The summed E-state index contributed by atoms with van der Waals surface area (Å²) in [6.07, 6.45) is 6.15. The quantitative estimate of drug-likeness (QED) is 0.637. The van der Waals surface area contributed by atoms with Crippen molar-refractivity contribution in [2.45, 2.75) is 6.92 Å². The molecular formula is C19H18. The van der Waals surface area contributed by atoms with Gasteiger partial charge in [0.05, 0.1) is 0 Å². The molecule has 19 heavy (non-hydrogen) atoms. The number of hydrogen-bond donors (Lipinski definition) is 0. The smallest absolute Gasteiger partial charge is 0.0184 e. The fourth-order valence-corrected chi connectivity index (χ4v) is 1.92. The van der Waals surface area contributed by atoms with Gasteiger partial charge >= 0.3 is 0 Å². The first-order chi connectivity index (χ1) is 9.31. The van der Waals surface area contributed by atoms with Crippen molar-refractivity contribution in [3.05, 3.63) is 96.6 Å². The summed E-state index contributed by atoms with van der Waals surface area (Å²) in [5, 5.41) is 0. The van der Waals surface area contributed by atoms with Crippen molar-refractivity contribution < 1.29 is 0 Å². The summed E-state index contributed by atoms with van der Waals surface area (Å²) < 4.78 is 0. The van der Waals surface area contributed by atoms with E-state index in [9.17, 15) is 0 Å². The molecule has 0 N–H and O–H groups in total. The third kappa shape index (κ3) is 3.56. The van der Waals surface area contributed by atoms with Crippen LogP contribution in [-0.4, -0.2) is 0 Å². The zero-order chi connectivity index (χ0) is 13.5. The van der Waals surface area contributed by atoms with Crippen LogP contribution in [0.15, 0.2) is 85.5 Å². The summed E-state index contributed by atoms with van der Waals surface area (Å²) in [6, 6.07) is 20.7. The first kappa shape index (κ1) is 13.1. The molecule has 0 aliphatic rings. The fraction of sp³-hybridized carbons (Fsp3) is 0.0526. The minimum atomic E-state index is 1.14. The molecule has 0 fully saturated rings. The lowest BCUT2D eigenvalue weighted by molar-refractivity contribution is 1.56. The third-order valence-corrected chi connectivity index (χ3v) is 3.07. The maximum atomic E-state index is 3.89. The van der Waals surface area contributed by atoms with Gasteiger partial charge < -0.3 is 0 Å². The van der Waals surface area contributed by atoms with Crippen molar-refractivity contribution >= 4 is 11.1 Å². The Morgan fingerprint density at radius 1 is 0.789 bits per heavy atom. The molecule has 0 saturated carbocycles. The van der Waals surface area contributed by atoms with Gasteiger partial charge in [0.1, 0.15) is 0 Å². The highest BCUT2D eigenvalue weighted by Crippen LogP contribution is 2.18. The molecule has 0 heteroatoms. The maximum Gasteiger partial charge on any atom is -0.0184 e. The highest BCUT2D eigenvalue weighted by Gasteiger charge is 1.95. The van der Waals surface area contributed by atoms with Gasteiger partial charge in [0.2, 0.25) is 0 Å². The first-order valence-electron chi connectivity index (χ1n) is 6.43. The summed E-state index contributed by atoms with van der Waals surface area (Å²) >= 11 is 0. The highest BCUT2D eigenvalue weighted by molar-refractivity contribution is 5.77. The van der Waals surface area contributed by atoms with E-state index < -0.39 is 0 Å². The van der Waals surface area contributed by atoms with Crippen molar-refractivity contribution in [2.75, 3.05) is 0 Å². The average Bonchev–Trinajstić information content (AvgIpc) is 2.49. The molecule has 0 saturated heterocycles. The molecule has 0 aliphatic heterocycles. The first-order valence-corrected chi connectivity index (χ1v) is 6.43. The van der Waals surface area contributed by atoms with Crippen LogP contribution in [0.4, 0.5) is 0 Å². The Morgan fingerprint density at radius 2 is 1.32 bits per heavy atom. The third-order valence-electron chi connectivity index (χ3n) is 3.07. The Kier molecular flexibility index (Phi) is 4.52. The summed E-state index contributed by atoms with van der Waals surface area (Å²) in [6.45, 7) is 6.01. The van der Waals surface area contributed by atoms with Crippen LogP contribution in [0.5, 0.6) is 0 Å². The molecule has 0 spiro atoms. The Labute approximate surface area is 115 Å². The number of benzene rings is 2. The molecule has 0 radical (unpaired) electrons. The average molecular weight is 246 g/mol. The van der Waals surface area contributed by atoms with Crippen LogP contribution in [0.25, 0.3) is 11.1 Å². The standard InChI is InChI=1S/C19H18/c1-3-17(19-12-8-5-9-13-19)15-14-16(2)18-10-6-4-7-11-18/h3-15H,1H2,2H3/b16-14+,17-15+. The summed E-state index contributed by atoms with van der Waals surface area (Å²) in [5.41, 5.74) is 4.82. The Morgan fingerprint density at radius 3 is 1.84 bits per heavy atom. The van der Waals surface area contributed by atoms with E-state index in [1.54, 1.807) is 0 Å². The second-order valence-corrected chi connectivity index (χ2v) is 4.41. The van der Waals surface area contributed by atoms with Crippen molar-refractivity contribution in [2.24, 2.45) is 0 Å². The molecule has 0 heterocycles. The number of rotatable bonds is 4. The lowest BCUT2D eigenvalue weighted by atomic mass is 10.0. The van der Waals surface area contributed by atoms with Gasteiger partial charge in [-0.15, -0.1) is 0 Å². The van der Waals surface area contributed by atoms with Crippen molar-refractivity contribution in [1.29, 1.82) is 0 Å². The van der Waals surface area contributed by atoms with Crippen molar-refractivity contribution in [1.82, 2.24) is 0 Å². The van der Waals surface area contributed by atoms with Gasteiger partial charge in [0.15, 0.2) is 0 Å². The van der Waals surface area contributed by atoms with Gasteiger partial charge in [-0.05, 0) is 29.2 Å². The second-order valence-electron chi connectivity index (χ2n) is 4.41. The van der Waals surface area contributed by atoms with E-state index in [1.807, 2.05) is 30.3 Å². The van der Waals surface area contributed by atoms with Crippen LogP contribution in [0.1, 0.15) is 18.1 Å². The summed E-state index contributed by atoms with van der Waals surface area (Å²) in [7, 11) is 0. The van der Waals surface area contributed by atoms with Crippen LogP contribution < -0.4 is 0 Å². The highest BCUT2D eigenvalue weighted by atomic mass is 14.0. The van der Waals surface area contributed by atoms with E-state index >= 15 is 0 Å². The summed E-state index contributed by atoms with van der Waals surface area (Å²) in [5.74, 6) is 0. The van der Waals surface area contributed by atoms with Crippen LogP contribution in [0, 0.1) is 0 Å². The predicted molar refractivity (Wildman–Crippen MR) is 84.7 cm³/mol. The maximum absolute atomic E-state index is 3.89. The molecule has 0 aromatic heterocycles. The van der Waals surface area contributed by atoms with Crippen molar-refractivity contribution in [3.63, 3.8) is 0 Å². The molecule has 0 unspecified atom stereocenters. The van der Waals surface area contributed by atoms with Crippen molar-refractivity contribution in [3.8, 4) is 0 Å². The molecule has 0 nitrogen and oxygen atoms in total. The largest absolute Gasteiger partial charge is 0.0984 e. The monoisotopic (exact) mass is 246 g/mol. The van der Waals surface area contributed by atoms with Gasteiger partial charge in [-0.25, -0.2) is 0 Å². The Hall–Kier alpha value is -2.34. The van der Waals surface area contributed by atoms with Gasteiger partial charge in [0.25, 0.3) is 0 Å². The van der Waals surface area contributed by atoms with E-state index in [0.29, 0.717) is 0 Å². The van der Waals surface area contributed by atoms with Gasteiger partial charge in [-0.1, -0.05) is 85.5 Å². The molecule has 0 aliphatic carbocycles. The number of allylic oxidation sites excluding steroid dienone is 5. The SMILES string of the molecule is C=C/C(=C\C=C(/C)c1ccccc1)c1ccccc1. The molecule has 0 amide bonds. The molecule has 2 rings (SSSR count). The van der Waals surface area contributed by atoms with Gasteiger partial charge in [-0.2, -0.15) is 0 Å². The Bertz CT molecular complexity index is 586. The predicted octanol–water partition coefficient (Wildman–Crippen LogP) is 5.36. The zero-order valence-electron chi connectivity index (χ0n) is 11.2. The minimum Gasteiger partial charge on any atom is -0.0984 e. The lowest BCUT2D eigenvalue weighted by Crippen LogP contribution is -1.80. The van der Waals surface area contributed by atoms with E-state index in [2.05, 4.69) is 62.1 Å². The van der Waals surface area contributed by atoms with Crippen LogP contribution in [0.2, 0.25) is 0 Å². The number of hydrogen-bond acceptors (Lipinski definition) is 0. The molecule has 0 atom stereocenters. The van der Waals surface area contributed by atoms with E-state index in [0.717, 1.165) is 5.57 Å². The molecule has 94 valence electrons. The van der Waals surface area contributed by atoms with Crippen LogP contribution in [0.3, 0.4) is 0 Å². The van der Waals surface area contributed by atoms with Crippen LogP contribution >= 0.6 is 0 Å².